The maximum Gasteiger partial charge on any atom is 0.417 e. The van der Waals surface area contributed by atoms with E-state index in [1.165, 1.54) is 0 Å². The number of carbonyl (C=O) groups is 1. The Morgan fingerprint density at radius 2 is 2.05 bits per heavy atom. The molecular weight excluding hydrogens is 256 g/mol. The summed E-state index contributed by atoms with van der Waals surface area (Å²) in [5.74, 6) is -0.0377. The number of benzene rings is 1. The minimum atomic E-state index is -0.334. The topological polar surface area (TPSA) is 65.4 Å². The van der Waals surface area contributed by atoms with Gasteiger partial charge in [-0.15, -0.1) is 0 Å². The molecule has 2 rings (SSSR count). The average Bonchev–Trinajstić information content (AvgIpc) is 2.46. The summed E-state index contributed by atoms with van der Waals surface area (Å²) < 4.78 is 6.95. The molecule has 1 heterocycles. The van der Waals surface area contributed by atoms with E-state index in [-0.39, 0.29) is 11.8 Å². The Morgan fingerprint density at radius 1 is 1.35 bits per heavy atom. The third-order valence-electron chi connectivity index (χ3n) is 3.37. The minimum Gasteiger partial charge on any atom is -0.445 e. The van der Waals surface area contributed by atoms with Crippen LogP contribution in [0.1, 0.15) is 12.6 Å². The van der Waals surface area contributed by atoms with Crippen molar-refractivity contribution in [3.05, 3.63) is 36.0 Å². The average molecular weight is 275 g/mol. The van der Waals surface area contributed by atoms with Crippen LogP contribution in [0.25, 0.3) is 10.8 Å². The highest BCUT2D eigenvalue weighted by Crippen LogP contribution is 2.22. The summed E-state index contributed by atoms with van der Waals surface area (Å²) in [4.78, 5) is 16.7. The van der Waals surface area contributed by atoms with Gasteiger partial charge in [-0.05, 0) is 11.5 Å². The van der Waals surface area contributed by atoms with Gasteiger partial charge in [-0.2, -0.15) is 0 Å². The molecule has 0 aliphatic carbocycles. The van der Waals surface area contributed by atoms with Gasteiger partial charge in [0.2, 0.25) is 11.6 Å². The van der Waals surface area contributed by atoms with Crippen LogP contribution in [0.4, 0.5) is 0 Å². The molecule has 2 N–H and O–H groups in total. The van der Waals surface area contributed by atoms with Crippen LogP contribution in [0, 0.1) is 5.92 Å². The lowest BCUT2D eigenvalue weighted by Gasteiger charge is -2.10. The van der Waals surface area contributed by atoms with E-state index in [0.29, 0.717) is 12.3 Å². The van der Waals surface area contributed by atoms with Crippen molar-refractivity contribution in [1.82, 2.24) is 0 Å². The van der Waals surface area contributed by atoms with Crippen LogP contribution in [0.15, 0.2) is 30.3 Å². The van der Waals surface area contributed by atoms with Crippen LogP contribution < -0.4 is 20.0 Å². The van der Waals surface area contributed by atoms with Crippen LogP contribution in [0.2, 0.25) is 0 Å². The van der Waals surface area contributed by atoms with Crippen molar-refractivity contribution in [3.63, 3.8) is 0 Å². The Morgan fingerprint density at radius 3 is 2.65 bits per heavy atom. The second-order valence-electron chi connectivity index (χ2n) is 4.71. The Hall–Kier alpha value is -2.30. The molecule has 1 unspecified atom stereocenters. The normalized spacial score (nSPS) is 12.2. The first-order valence-electron chi connectivity index (χ1n) is 6.43. The van der Waals surface area contributed by atoms with Crippen molar-refractivity contribution in [2.45, 2.75) is 13.3 Å². The molecule has 2 aromatic rings. The van der Waals surface area contributed by atoms with Crippen LogP contribution in [0.3, 0.4) is 0 Å². The zero-order chi connectivity index (χ0) is 14.7. The molecule has 20 heavy (non-hydrogen) atoms. The number of primary amides is 1. The Labute approximate surface area is 117 Å². The highest BCUT2D eigenvalue weighted by atomic mass is 16.7. The van der Waals surface area contributed by atoms with Crippen molar-refractivity contribution >= 4 is 16.7 Å². The summed E-state index contributed by atoms with van der Waals surface area (Å²) in [6, 6.07) is 9.80. The molecule has 1 amide bonds. The molecule has 0 radical (unpaired) electrons. The van der Waals surface area contributed by atoms with Gasteiger partial charge in [0.25, 0.3) is 0 Å². The number of pyridine rings is 1. The molecule has 0 bridgehead atoms. The third-order valence-corrected chi connectivity index (χ3v) is 3.37. The first kappa shape index (κ1) is 14.1. The lowest BCUT2D eigenvalue weighted by Crippen LogP contribution is -2.47. The molecule has 1 aromatic carbocycles. The molecule has 0 saturated carbocycles. The molecule has 0 aliphatic heterocycles. The number of methoxy groups -OCH3 is 1. The van der Waals surface area contributed by atoms with Crippen LogP contribution in [-0.4, -0.2) is 20.1 Å². The number of nitrogens with zero attached hydrogens (tertiary/aromatic N) is 1. The summed E-state index contributed by atoms with van der Waals surface area (Å²) in [6.45, 7) is 1.80. The number of aromatic nitrogens is 1. The smallest absolute Gasteiger partial charge is 0.417 e. The van der Waals surface area contributed by atoms with Gasteiger partial charge in [0.05, 0.1) is 23.3 Å². The van der Waals surface area contributed by atoms with Crippen LogP contribution in [-0.2, 0) is 11.2 Å². The number of rotatable bonds is 5. The van der Waals surface area contributed by atoms with Gasteiger partial charge in [-0.1, -0.05) is 25.1 Å². The van der Waals surface area contributed by atoms with Crippen molar-refractivity contribution in [2.24, 2.45) is 11.7 Å². The lowest BCUT2D eigenvalue weighted by atomic mass is 10.00. The maximum absolute atomic E-state index is 11.3. The van der Waals surface area contributed by atoms with E-state index >= 15 is 0 Å². The van der Waals surface area contributed by atoms with E-state index < -0.39 is 0 Å². The number of fused-ring (bicyclic) bond motifs is 1. The summed E-state index contributed by atoms with van der Waals surface area (Å²) in [5, 5.41) is 2.05. The second kappa shape index (κ2) is 5.77. The molecule has 0 aliphatic rings. The zero-order valence-corrected chi connectivity index (χ0v) is 11.9. The Bertz CT molecular complexity index is 640. The van der Waals surface area contributed by atoms with Gasteiger partial charge in [0, 0.05) is 12.3 Å². The molecule has 0 saturated heterocycles. The van der Waals surface area contributed by atoms with Gasteiger partial charge < -0.3 is 10.5 Å². The number of hydrogen-bond donors (Lipinski definition) is 1. The minimum absolute atomic E-state index is 0.285. The van der Waals surface area contributed by atoms with E-state index in [1.807, 2.05) is 30.3 Å². The number of ether oxygens (including phenoxy) is 1. The van der Waals surface area contributed by atoms with Gasteiger partial charge in [-0.3, -0.25) is 9.63 Å². The molecule has 5 heteroatoms. The largest absolute Gasteiger partial charge is 0.445 e. The van der Waals surface area contributed by atoms with Crippen LogP contribution >= 0.6 is 0 Å². The monoisotopic (exact) mass is 275 g/mol. The van der Waals surface area contributed by atoms with Crippen molar-refractivity contribution < 1.29 is 19.1 Å². The first-order chi connectivity index (χ1) is 9.58. The van der Waals surface area contributed by atoms with Crippen LogP contribution in [0.5, 0.6) is 5.88 Å². The van der Waals surface area contributed by atoms with E-state index in [0.717, 1.165) is 16.5 Å². The fourth-order valence-electron chi connectivity index (χ4n) is 2.25. The summed E-state index contributed by atoms with van der Waals surface area (Å²) in [7, 11) is 3.15. The van der Waals surface area contributed by atoms with Gasteiger partial charge in [0.1, 0.15) is 7.11 Å². The van der Waals surface area contributed by atoms with Crippen molar-refractivity contribution in [2.75, 3.05) is 14.2 Å². The zero-order valence-electron chi connectivity index (χ0n) is 11.9. The Kier molecular flexibility index (Phi) is 4.08. The number of amides is 1. The fraction of sp³-hybridized carbons (Fsp3) is 0.333. The predicted molar refractivity (Wildman–Crippen MR) is 75.3 cm³/mol. The highest BCUT2D eigenvalue weighted by molar-refractivity contribution is 5.85. The lowest BCUT2D eigenvalue weighted by molar-refractivity contribution is -0.891. The first-order valence-corrected chi connectivity index (χ1v) is 6.43. The molecule has 1 atom stereocenters. The third kappa shape index (κ3) is 2.52. The molecule has 106 valence electrons. The summed E-state index contributed by atoms with van der Waals surface area (Å²) in [5.41, 5.74) is 6.24. The van der Waals surface area contributed by atoms with Gasteiger partial charge in [0.15, 0.2) is 0 Å². The maximum atomic E-state index is 11.3. The number of nitrogens with two attached hydrogens (primary N) is 1. The van der Waals surface area contributed by atoms with E-state index in [9.17, 15) is 4.79 Å². The molecule has 1 aromatic heterocycles. The van der Waals surface area contributed by atoms with Crippen molar-refractivity contribution in [1.29, 1.82) is 0 Å². The van der Waals surface area contributed by atoms with Gasteiger partial charge >= 0.3 is 5.88 Å². The SMILES string of the molecule is COc1cc2ccccc2c(CC(C)C(N)=O)[n+]1OC. The standard InChI is InChI=1S/C15H18N2O3/c1-10(15(16)18)8-13-12-7-5-4-6-11(12)9-14(19-2)17(13)20-3/h4-7,9-10H,8H2,1-3H3,(H-,16,18)/p+1. The van der Waals surface area contributed by atoms with E-state index in [2.05, 4.69) is 0 Å². The molecule has 0 spiro atoms. The predicted octanol–water partition coefficient (Wildman–Crippen LogP) is 0.858. The molecule has 0 fully saturated rings. The highest BCUT2D eigenvalue weighted by Gasteiger charge is 2.26. The van der Waals surface area contributed by atoms with E-state index in [4.69, 9.17) is 15.3 Å². The summed E-state index contributed by atoms with van der Waals surface area (Å²) >= 11 is 0. The molecular formula is C15H19N2O3+. The second-order valence-corrected chi connectivity index (χ2v) is 4.71. The number of carbonyl (C=O) groups excluding carboxylic acids is 1. The van der Waals surface area contributed by atoms with Crippen molar-refractivity contribution in [3.8, 4) is 5.88 Å². The fourth-order valence-corrected chi connectivity index (χ4v) is 2.25. The van der Waals surface area contributed by atoms with E-state index in [1.54, 1.807) is 25.9 Å². The quantitative estimate of drug-likeness (QED) is 0.823. The Balaban J connectivity index is 2.66. The molecule has 5 nitrogen and oxygen atoms in total. The van der Waals surface area contributed by atoms with Gasteiger partial charge in [-0.25, -0.2) is 0 Å². The summed E-state index contributed by atoms with van der Waals surface area (Å²) in [6.07, 6.45) is 0.487. The number of hydrogen-bond acceptors (Lipinski definition) is 3.